The fourth-order valence-electron chi connectivity index (χ4n) is 3.49. The van der Waals surface area contributed by atoms with Crippen molar-refractivity contribution >= 4 is 33.2 Å². The number of nitrogens with zero attached hydrogens (tertiary/aromatic N) is 2. The zero-order valence-corrected chi connectivity index (χ0v) is 16.5. The van der Waals surface area contributed by atoms with Crippen molar-refractivity contribution in [2.24, 2.45) is 7.05 Å². The van der Waals surface area contributed by atoms with Gasteiger partial charge in [-0.25, -0.2) is 4.79 Å². The van der Waals surface area contributed by atoms with Crippen LogP contribution in [0.5, 0.6) is 22.3 Å². The van der Waals surface area contributed by atoms with Crippen LogP contribution in [-0.2, 0) is 19.9 Å². The molecule has 0 radical (unpaired) electrons. The molecule has 3 heterocycles. The van der Waals surface area contributed by atoms with E-state index in [4.69, 9.17) is 14.2 Å². The van der Waals surface area contributed by atoms with Crippen molar-refractivity contribution in [3.05, 3.63) is 38.8 Å². The second kappa shape index (κ2) is 6.00. The summed E-state index contributed by atoms with van der Waals surface area (Å²) in [5, 5.41) is 14.5. The quantitative estimate of drug-likeness (QED) is 0.645. The van der Waals surface area contributed by atoms with Crippen LogP contribution in [-0.4, -0.2) is 27.6 Å². The van der Waals surface area contributed by atoms with Gasteiger partial charge < -0.3 is 19.3 Å². The van der Waals surface area contributed by atoms with Gasteiger partial charge in [0.15, 0.2) is 16.6 Å². The van der Waals surface area contributed by atoms with E-state index in [-0.39, 0.29) is 6.79 Å². The van der Waals surface area contributed by atoms with Crippen LogP contribution in [0.2, 0.25) is 0 Å². The Kier molecular flexibility index (Phi) is 3.70. The van der Waals surface area contributed by atoms with Crippen molar-refractivity contribution in [2.45, 2.75) is 12.8 Å². The summed E-state index contributed by atoms with van der Waals surface area (Å²) in [6.07, 6.45) is 3.24. The van der Waals surface area contributed by atoms with Crippen LogP contribution in [0.25, 0.3) is 11.3 Å². The first-order valence-electron chi connectivity index (χ1n) is 8.20. The molecule has 0 unspecified atom stereocenters. The lowest BCUT2D eigenvalue weighted by molar-refractivity contribution is 0.0701. The molecule has 5 rings (SSSR count). The first-order chi connectivity index (χ1) is 13.0. The molecule has 2 aromatic heterocycles. The normalized spacial score (nSPS) is 14.0. The zero-order valence-electron chi connectivity index (χ0n) is 14.1. The number of benzene rings is 1. The molecule has 3 aromatic rings. The molecule has 0 amide bonds. The highest BCUT2D eigenvalue weighted by molar-refractivity contribution is 9.10. The Morgan fingerprint density at radius 2 is 2.11 bits per heavy atom. The minimum Gasteiger partial charge on any atom is -0.477 e. The highest BCUT2D eigenvalue weighted by Gasteiger charge is 2.32. The van der Waals surface area contributed by atoms with Gasteiger partial charge in [0.25, 0.3) is 0 Å². The summed E-state index contributed by atoms with van der Waals surface area (Å²) in [6, 6.07) is 3.53. The third kappa shape index (κ3) is 2.53. The second-order valence-electron chi connectivity index (χ2n) is 6.26. The van der Waals surface area contributed by atoms with Gasteiger partial charge in [0, 0.05) is 19.2 Å². The predicted molar refractivity (Wildman–Crippen MR) is 101 cm³/mol. The van der Waals surface area contributed by atoms with Gasteiger partial charge in [-0.1, -0.05) is 11.3 Å². The molecular weight excluding hydrogens is 436 g/mol. The van der Waals surface area contributed by atoms with Gasteiger partial charge >= 0.3 is 5.97 Å². The molecule has 27 heavy (non-hydrogen) atoms. The van der Waals surface area contributed by atoms with Crippen LogP contribution in [0, 0.1) is 0 Å². The molecule has 9 heteroatoms. The molecule has 1 aliphatic heterocycles. The highest BCUT2D eigenvalue weighted by atomic mass is 79.9. The molecular formula is C18H13BrN2O5S. The molecule has 0 saturated heterocycles. The predicted octanol–water partition coefficient (Wildman–Crippen LogP) is 4.23. The number of aryl methyl sites for hydroxylation is 2. The van der Waals surface area contributed by atoms with E-state index in [0.29, 0.717) is 38.1 Å². The van der Waals surface area contributed by atoms with E-state index < -0.39 is 5.97 Å². The number of carboxylic acid groups (broad SMARTS) is 1. The molecule has 0 atom stereocenters. The number of halogens is 1. The Hall–Kier alpha value is -2.52. The van der Waals surface area contributed by atoms with Crippen molar-refractivity contribution in [2.75, 3.05) is 6.79 Å². The Bertz CT molecular complexity index is 1100. The lowest BCUT2D eigenvalue weighted by Gasteiger charge is -2.16. The Morgan fingerprint density at radius 3 is 2.89 bits per heavy atom. The number of hydrogen-bond donors (Lipinski definition) is 1. The number of aromatic nitrogens is 2. The second-order valence-corrected chi connectivity index (χ2v) is 8.09. The Balaban J connectivity index is 1.66. The lowest BCUT2D eigenvalue weighted by atomic mass is 9.92. The maximum Gasteiger partial charge on any atom is 0.346 e. The Morgan fingerprint density at radius 1 is 1.33 bits per heavy atom. The van der Waals surface area contributed by atoms with Crippen LogP contribution in [0.15, 0.2) is 22.8 Å². The minimum atomic E-state index is -0.943. The third-order valence-corrected chi connectivity index (χ3v) is 6.41. The fraction of sp³-hybridized carbons (Fsp3) is 0.222. The largest absolute Gasteiger partial charge is 0.477 e. The summed E-state index contributed by atoms with van der Waals surface area (Å²) in [7, 11) is 1.85. The average molecular weight is 449 g/mol. The molecule has 0 bridgehead atoms. The van der Waals surface area contributed by atoms with Crippen molar-refractivity contribution in [3.63, 3.8) is 0 Å². The van der Waals surface area contributed by atoms with Crippen molar-refractivity contribution in [3.8, 4) is 33.6 Å². The van der Waals surface area contributed by atoms with E-state index >= 15 is 0 Å². The molecule has 0 fully saturated rings. The standard InChI is InChI=1S/C18H13BrN2O5S/c1-21-15-8(6-20-21)2-3-9-14(15)18(27-16(9)17(22)23)26-11-5-13-12(4-10(11)19)24-7-25-13/h4-6H,2-3,7H2,1H3,(H,22,23). The Labute approximate surface area is 166 Å². The van der Waals surface area contributed by atoms with E-state index in [0.717, 1.165) is 40.1 Å². The molecule has 0 spiro atoms. The topological polar surface area (TPSA) is 82.8 Å². The SMILES string of the molecule is Cn1ncc2c1-c1c(Oc3cc4c(cc3Br)OCO4)sc(C(=O)O)c1CC2. The first kappa shape index (κ1) is 16.6. The van der Waals surface area contributed by atoms with E-state index in [1.165, 1.54) is 0 Å². The monoisotopic (exact) mass is 448 g/mol. The summed E-state index contributed by atoms with van der Waals surface area (Å²) in [5.41, 5.74) is 3.61. The fourth-order valence-corrected chi connectivity index (χ4v) is 4.95. The summed E-state index contributed by atoms with van der Waals surface area (Å²) in [5.74, 6) is 0.830. The van der Waals surface area contributed by atoms with Gasteiger partial charge in [-0.05, 0) is 39.9 Å². The smallest absolute Gasteiger partial charge is 0.346 e. The van der Waals surface area contributed by atoms with Crippen LogP contribution < -0.4 is 14.2 Å². The number of aromatic carboxylic acids is 1. The number of fused-ring (bicyclic) bond motifs is 4. The van der Waals surface area contributed by atoms with Gasteiger partial charge in [0.2, 0.25) is 6.79 Å². The minimum absolute atomic E-state index is 0.168. The van der Waals surface area contributed by atoms with Crippen LogP contribution in [0.1, 0.15) is 20.8 Å². The number of carboxylic acids is 1. The number of carbonyl (C=O) groups is 1. The van der Waals surface area contributed by atoms with Crippen molar-refractivity contribution in [1.82, 2.24) is 9.78 Å². The maximum absolute atomic E-state index is 11.8. The van der Waals surface area contributed by atoms with Gasteiger partial charge in [-0.2, -0.15) is 5.10 Å². The summed E-state index contributed by atoms with van der Waals surface area (Å²) in [4.78, 5) is 12.1. The molecule has 7 nitrogen and oxygen atoms in total. The van der Waals surface area contributed by atoms with E-state index in [2.05, 4.69) is 21.0 Å². The molecule has 1 aliphatic carbocycles. The van der Waals surface area contributed by atoms with Gasteiger partial charge in [-0.3, -0.25) is 4.68 Å². The molecule has 2 aliphatic rings. The maximum atomic E-state index is 11.8. The first-order valence-corrected chi connectivity index (χ1v) is 9.81. The van der Waals surface area contributed by atoms with Gasteiger partial charge in [0.1, 0.15) is 10.6 Å². The van der Waals surface area contributed by atoms with Gasteiger partial charge in [-0.15, -0.1) is 0 Å². The van der Waals surface area contributed by atoms with E-state index in [1.54, 1.807) is 16.8 Å². The van der Waals surface area contributed by atoms with Crippen molar-refractivity contribution < 1.29 is 24.1 Å². The van der Waals surface area contributed by atoms with E-state index in [1.807, 2.05) is 13.2 Å². The number of thiophene rings is 1. The molecule has 138 valence electrons. The average Bonchev–Trinajstić information content (AvgIpc) is 3.33. The zero-order chi connectivity index (χ0) is 18.7. The van der Waals surface area contributed by atoms with Crippen molar-refractivity contribution in [1.29, 1.82) is 0 Å². The number of ether oxygens (including phenoxy) is 3. The molecule has 0 saturated carbocycles. The number of hydrogen-bond acceptors (Lipinski definition) is 6. The summed E-state index contributed by atoms with van der Waals surface area (Å²) < 4.78 is 19.4. The molecule has 1 N–H and O–H groups in total. The summed E-state index contributed by atoms with van der Waals surface area (Å²) >= 11 is 4.63. The molecule has 1 aromatic carbocycles. The highest BCUT2D eigenvalue weighted by Crippen LogP contribution is 2.50. The number of rotatable bonds is 3. The van der Waals surface area contributed by atoms with Crippen LogP contribution in [0.4, 0.5) is 0 Å². The lowest BCUT2D eigenvalue weighted by Crippen LogP contribution is -2.08. The van der Waals surface area contributed by atoms with E-state index in [9.17, 15) is 9.90 Å². The van der Waals surface area contributed by atoms with Gasteiger partial charge in [0.05, 0.1) is 21.9 Å². The third-order valence-electron chi connectivity index (χ3n) is 4.69. The summed E-state index contributed by atoms with van der Waals surface area (Å²) in [6.45, 7) is 0.168. The van der Waals surface area contributed by atoms with Crippen LogP contribution >= 0.6 is 27.3 Å². The van der Waals surface area contributed by atoms with Crippen LogP contribution in [0.3, 0.4) is 0 Å².